The fourth-order valence-electron chi connectivity index (χ4n) is 6.29. The van der Waals surface area contributed by atoms with Crippen molar-refractivity contribution in [2.24, 2.45) is 17.6 Å². The van der Waals surface area contributed by atoms with Gasteiger partial charge in [-0.2, -0.15) is 0 Å². The second kappa shape index (κ2) is 11.9. The molecule has 0 fully saturated rings. The molecule has 0 saturated heterocycles. The summed E-state index contributed by atoms with van der Waals surface area (Å²) in [6.45, 7) is 0.414. The molecule has 0 aromatic heterocycles. The molecule has 2 unspecified atom stereocenters. The molecule has 0 radical (unpaired) electrons. The van der Waals surface area contributed by atoms with Gasteiger partial charge in [-0.05, 0) is 58.7 Å². The Hall–Kier alpha value is -4.31. The van der Waals surface area contributed by atoms with E-state index in [-0.39, 0.29) is 45.1 Å². The number of ketones is 2. The molecule has 5 rings (SSSR count). The zero-order chi connectivity index (χ0) is 30.0. The third kappa shape index (κ3) is 5.59. The summed E-state index contributed by atoms with van der Waals surface area (Å²) in [5.74, 6) is -4.52. The first-order valence-electron chi connectivity index (χ1n) is 13.9. The van der Waals surface area contributed by atoms with Crippen LogP contribution in [-0.2, 0) is 29.1 Å². The summed E-state index contributed by atoms with van der Waals surface area (Å²) in [6, 6.07) is 21.3. The molecule has 0 bridgehead atoms. The summed E-state index contributed by atoms with van der Waals surface area (Å²) in [6.07, 6.45) is 0.206. The number of amides is 1. The lowest BCUT2D eigenvalue weighted by Gasteiger charge is -2.40. The number of aromatic hydroxyl groups is 1. The van der Waals surface area contributed by atoms with Crippen molar-refractivity contribution < 1.29 is 37.7 Å². The maximum absolute atomic E-state index is 13.3. The summed E-state index contributed by atoms with van der Waals surface area (Å²) in [4.78, 5) is 37.7. The number of primary amides is 1. The minimum atomic E-state index is -2.25. The first-order valence-corrected chi connectivity index (χ1v) is 13.9. The average molecular weight is 575 g/mol. The lowest BCUT2D eigenvalue weighted by atomic mass is 9.68. The maximum atomic E-state index is 13.3. The summed E-state index contributed by atoms with van der Waals surface area (Å²) in [5, 5.41) is 45.8. The molecule has 1 amide bonds. The van der Waals surface area contributed by atoms with Crippen molar-refractivity contribution >= 4 is 17.5 Å². The number of carbonyl (C=O) groups excluding carboxylic acids is 3. The van der Waals surface area contributed by atoms with E-state index in [1.807, 2.05) is 42.5 Å². The Morgan fingerprint density at radius 3 is 2.36 bits per heavy atom. The van der Waals surface area contributed by atoms with Gasteiger partial charge in [-0.25, -0.2) is 0 Å². The summed E-state index contributed by atoms with van der Waals surface area (Å²) in [5.41, 5.74) is 7.09. The Morgan fingerprint density at radius 2 is 1.64 bits per heavy atom. The fraction of sp³-hybridized carbons (Fsp3) is 0.303. The SMILES string of the molecule is NC(=O)C1=C(O)[C@@](O)(CO)C(CC2CC(=O)c3c(O)ccc(-c4cccc(CNCc5ccccc5)c4)c3C2)CC1=O.[HH].[HH]. The van der Waals surface area contributed by atoms with E-state index >= 15 is 0 Å². The molecule has 0 spiro atoms. The smallest absolute Gasteiger partial charge is 0.255 e. The van der Waals surface area contributed by atoms with E-state index in [0.717, 1.165) is 16.7 Å². The topological polar surface area (TPSA) is 170 Å². The number of benzene rings is 3. The third-order valence-electron chi connectivity index (χ3n) is 8.41. The van der Waals surface area contributed by atoms with Crippen LogP contribution in [0.1, 0.15) is 49.2 Å². The number of Topliss-reactive ketones (excluding diaryl/α,β-unsaturated/α-hetero) is 2. The number of nitrogens with two attached hydrogens (primary N) is 1. The first kappa shape index (κ1) is 29.2. The lowest BCUT2D eigenvalue weighted by Crippen LogP contribution is -2.51. The van der Waals surface area contributed by atoms with Gasteiger partial charge in [0.2, 0.25) is 0 Å². The van der Waals surface area contributed by atoms with Crippen LogP contribution in [0.5, 0.6) is 5.75 Å². The Kier molecular flexibility index (Phi) is 8.27. The average Bonchev–Trinajstić information content (AvgIpc) is 2.96. The normalized spacial score (nSPS) is 22.2. The number of carbonyl (C=O) groups is 3. The highest BCUT2D eigenvalue weighted by molar-refractivity contribution is 6.20. The van der Waals surface area contributed by atoms with E-state index < -0.39 is 41.1 Å². The lowest BCUT2D eigenvalue weighted by molar-refractivity contribution is -0.130. The van der Waals surface area contributed by atoms with Crippen LogP contribution in [0.4, 0.5) is 0 Å². The molecule has 3 atom stereocenters. The number of fused-ring (bicyclic) bond motifs is 1. The predicted octanol–water partition coefficient (Wildman–Crippen LogP) is 3.59. The Balaban J connectivity index is 0.00000264. The molecule has 3 aromatic carbocycles. The van der Waals surface area contributed by atoms with E-state index in [0.29, 0.717) is 25.1 Å². The molecule has 3 aromatic rings. The predicted molar refractivity (Wildman–Crippen MR) is 160 cm³/mol. The highest BCUT2D eigenvalue weighted by atomic mass is 16.4. The van der Waals surface area contributed by atoms with Crippen molar-refractivity contribution in [3.63, 3.8) is 0 Å². The molecular weight excluding hydrogens is 536 g/mol. The number of hydrogen-bond acceptors (Lipinski definition) is 8. The second-order valence-electron chi connectivity index (χ2n) is 11.2. The Morgan fingerprint density at radius 1 is 0.929 bits per heavy atom. The summed E-state index contributed by atoms with van der Waals surface area (Å²) >= 11 is 0. The molecular formula is C33H38N2O7. The van der Waals surface area contributed by atoms with Gasteiger partial charge in [-0.3, -0.25) is 14.4 Å². The van der Waals surface area contributed by atoms with Crippen molar-refractivity contribution in [3.05, 3.63) is 100 Å². The Bertz CT molecular complexity index is 1580. The van der Waals surface area contributed by atoms with Gasteiger partial charge in [0.25, 0.3) is 5.91 Å². The number of nitrogens with one attached hydrogen (secondary N) is 1. The maximum Gasteiger partial charge on any atom is 0.255 e. The Labute approximate surface area is 246 Å². The molecule has 2 aliphatic carbocycles. The number of rotatable bonds is 9. The highest BCUT2D eigenvalue weighted by Crippen LogP contribution is 2.44. The number of aliphatic hydroxyl groups excluding tert-OH is 2. The van der Waals surface area contributed by atoms with Crippen molar-refractivity contribution in [3.8, 4) is 16.9 Å². The number of hydrogen-bond donors (Lipinski definition) is 6. The van der Waals surface area contributed by atoms with Gasteiger partial charge in [0.1, 0.15) is 22.7 Å². The van der Waals surface area contributed by atoms with Gasteiger partial charge in [0.15, 0.2) is 11.6 Å². The van der Waals surface area contributed by atoms with Crippen LogP contribution in [0.15, 0.2) is 78.1 Å². The molecule has 7 N–H and O–H groups in total. The van der Waals surface area contributed by atoms with Crippen LogP contribution in [0.25, 0.3) is 11.1 Å². The van der Waals surface area contributed by atoms with Gasteiger partial charge in [0.05, 0.1) is 12.2 Å². The van der Waals surface area contributed by atoms with Crippen molar-refractivity contribution in [1.29, 1.82) is 0 Å². The van der Waals surface area contributed by atoms with Crippen LogP contribution < -0.4 is 11.1 Å². The van der Waals surface area contributed by atoms with Gasteiger partial charge in [0, 0.05) is 34.7 Å². The number of phenolic OH excluding ortho intramolecular Hbond substituents is 1. The molecule has 2 aliphatic rings. The van der Waals surface area contributed by atoms with E-state index in [1.54, 1.807) is 6.07 Å². The molecule has 0 heterocycles. The number of aliphatic hydroxyl groups is 3. The van der Waals surface area contributed by atoms with Gasteiger partial charge in [-0.15, -0.1) is 0 Å². The first-order chi connectivity index (χ1) is 20.1. The van der Waals surface area contributed by atoms with Gasteiger partial charge in [-0.1, -0.05) is 54.6 Å². The van der Waals surface area contributed by atoms with Crippen LogP contribution in [0.2, 0.25) is 0 Å². The van der Waals surface area contributed by atoms with Crippen LogP contribution >= 0.6 is 0 Å². The third-order valence-corrected chi connectivity index (χ3v) is 8.41. The van der Waals surface area contributed by atoms with Gasteiger partial charge >= 0.3 is 0 Å². The van der Waals surface area contributed by atoms with Crippen molar-refractivity contribution in [1.82, 2.24) is 5.32 Å². The minimum absolute atomic E-state index is 0. The van der Waals surface area contributed by atoms with E-state index in [4.69, 9.17) is 5.73 Å². The molecule has 42 heavy (non-hydrogen) atoms. The second-order valence-corrected chi connectivity index (χ2v) is 11.2. The molecule has 0 aliphatic heterocycles. The number of phenols is 1. The highest BCUT2D eigenvalue weighted by Gasteiger charge is 2.50. The minimum Gasteiger partial charge on any atom is -0.508 e. The molecule has 9 nitrogen and oxygen atoms in total. The monoisotopic (exact) mass is 574 g/mol. The molecule has 0 saturated carbocycles. The van der Waals surface area contributed by atoms with Crippen LogP contribution in [0.3, 0.4) is 0 Å². The van der Waals surface area contributed by atoms with Crippen molar-refractivity contribution in [2.45, 2.75) is 44.4 Å². The zero-order valence-corrected chi connectivity index (χ0v) is 23.0. The van der Waals surface area contributed by atoms with E-state index in [2.05, 4.69) is 17.4 Å². The fourth-order valence-corrected chi connectivity index (χ4v) is 6.29. The van der Waals surface area contributed by atoms with Crippen molar-refractivity contribution in [2.75, 3.05) is 6.61 Å². The molecule has 222 valence electrons. The van der Waals surface area contributed by atoms with Crippen LogP contribution in [0, 0.1) is 11.8 Å². The largest absolute Gasteiger partial charge is 0.508 e. The summed E-state index contributed by atoms with van der Waals surface area (Å²) in [7, 11) is 0. The van der Waals surface area contributed by atoms with Gasteiger partial charge < -0.3 is 31.5 Å². The molecule has 9 heteroatoms. The van der Waals surface area contributed by atoms with E-state index in [1.165, 1.54) is 11.6 Å². The zero-order valence-electron chi connectivity index (χ0n) is 23.0. The quantitative estimate of drug-likeness (QED) is 0.211. The van der Waals surface area contributed by atoms with E-state index in [9.17, 15) is 34.8 Å². The summed E-state index contributed by atoms with van der Waals surface area (Å²) < 4.78 is 0. The standard InChI is InChI=1S/C33H34N2O7.2H2/c34-32(41)30-28(39)15-23(33(42,18-36)31(30)40)12-21-13-25-24(9-10-26(37)29(25)27(38)14-21)22-8-4-7-20(11-22)17-35-16-19-5-2-1-3-6-19;;/h1-11,21,23,35-37,40,42H,12-18H2,(H2,34,41);2*1H/t21?,23?,33-;;/m1../s1. The van der Waals surface area contributed by atoms with Crippen LogP contribution in [-0.4, -0.2) is 50.1 Å².